The third-order valence-electron chi connectivity index (χ3n) is 4.00. The molecule has 0 unspecified atom stereocenters. The first-order valence-electron chi connectivity index (χ1n) is 8.57. The molecule has 1 aromatic carbocycles. The van der Waals surface area contributed by atoms with Crippen molar-refractivity contribution in [3.05, 3.63) is 73.1 Å². The fraction of sp³-hybridized carbons (Fsp3) is 0.105. The third-order valence-corrected chi connectivity index (χ3v) is 4.00. The maximum absolute atomic E-state index is 13.2. The first kappa shape index (κ1) is 17.4. The summed E-state index contributed by atoms with van der Waals surface area (Å²) in [6, 6.07) is 10.2. The number of esters is 1. The van der Waals surface area contributed by atoms with E-state index >= 15 is 0 Å². The molecule has 0 N–H and O–H groups in total. The average molecular weight is 376 g/mol. The summed E-state index contributed by atoms with van der Waals surface area (Å²) in [5.41, 5.74) is 1.44. The second-order valence-electron chi connectivity index (χ2n) is 5.79. The van der Waals surface area contributed by atoms with Crippen LogP contribution in [-0.2, 0) is 4.74 Å². The number of carbonyl (C=O) groups is 2. The van der Waals surface area contributed by atoms with Crippen LogP contribution in [0.25, 0.3) is 5.65 Å². The second kappa shape index (κ2) is 7.31. The molecule has 1 amide bonds. The van der Waals surface area contributed by atoms with Gasteiger partial charge in [-0.15, -0.1) is 0 Å². The number of para-hydroxylation sites is 1. The Balaban J connectivity index is 1.75. The zero-order valence-corrected chi connectivity index (χ0v) is 15.0. The highest BCUT2D eigenvalue weighted by molar-refractivity contribution is 6.00. The number of fused-ring (bicyclic) bond motifs is 1. The molecule has 28 heavy (non-hydrogen) atoms. The number of hydrogen-bond acceptors (Lipinski definition) is 6. The molecule has 0 aliphatic rings. The van der Waals surface area contributed by atoms with Gasteiger partial charge in [-0.25, -0.2) is 24.5 Å². The van der Waals surface area contributed by atoms with Gasteiger partial charge in [0, 0.05) is 18.5 Å². The SMILES string of the molecule is CCOC(=O)c1cnn(C(=O)N(c2ccccc2)c2cc3nccn3cn2)c1. The molecular formula is C19H16N6O3. The van der Waals surface area contributed by atoms with Gasteiger partial charge in [0.25, 0.3) is 0 Å². The molecule has 9 nitrogen and oxygen atoms in total. The summed E-state index contributed by atoms with van der Waals surface area (Å²) < 4.78 is 7.77. The van der Waals surface area contributed by atoms with E-state index in [-0.39, 0.29) is 12.2 Å². The van der Waals surface area contributed by atoms with Crippen molar-refractivity contribution < 1.29 is 14.3 Å². The minimum Gasteiger partial charge on any atom is -0.462 e. The van der Waals surface area contributed by atoms with Gasteiger partial charge in [-0.05, 0) is 19.1 Å². The summed E-state index contributed by atoms with van der Waals surface area (Å²) in [5.74, 6) is -0.159. The topological polar surface area (TPSA) is 94.6 Å². The van der Waals surface area contributed by atoms with E-state index < -0.39 is 12.0 Å². The van der Waals surface area contributed by atoms with Crippen LogP contribution < -0.4 is 4.90 Å². The highest BCUT2D eigenvalue weighted by atomic mass is 16.5. The largest absolute Gasteiger partial charge is 0.462 e. The number of aromatic nitrogens is 5. The van der Waals surface area contributed by atoms with Gasteiger partial charge in [-0.1, -0.05) is 18.2 Å². The number of hydrogen-bond donors (Lipinski definition) is 0. The molecule has 0 aliphatic carbocycles. The molecule has 0 saturated heterocycles. The Hall–Kier alpha value is -4.01. The predicted octanol–water partition coefficient (Wildman–Crippen LogP) is 2.91. The number of nitrogens with zero attached hydrogens (tertiary/aromatic N) is 6. The lowest BCUT2D eigenvalue weighted by Gasteiger charge is -2.21. The van der Waals surface area contributed by atoms with Crippen LogP contribution in [0.3, 0.4) is 0 Å². The van der Waals surface area contributed by atoms with E-state index in [0.29, 0.717) is 17.2 Å². The second-order valence-corrected chi connectivity index (χ2v) is 5.79. The Kier molecular flexibility index (Phi) is 4.55. The summed E-state index contributed by atoms with van der Waals surface area (Å²) in [6.07, 6.45) is 7.62. The standard InChI is InChI=1S/C19H16N6O3/c1-2-28-18(26)14-11-22-24(12-14)19(27)25(15-6-4-3-5-7-15)17-10-16-20-8-9-23(16)13-21-17/h3-13H,2H2,1H3. The van der Waals surface area contributed by atoms with Gasteiger partial charge in [0.15, 0.2) is 0 Å². The van der Waals surface area contributed by atoms with Crippen LogP contribution in [0, 0.1) is 0 Å². The lowest BCUT2D eigenvalue weighted by molar-refractivity contribution is 0.0526. The third kappa shape index (κ3) is 3.20. The molecule has 3 heterocycles. The normalized spacial score (nSPS) is 10.8. The molecule has 3 aromatic heterocycles. The number of anilines is 2. The van der Waals surface area contributed by atoms with Crippen LogP contribution in [-0.4, -0.2) is 42.8 Å². The first-order chi connectivity index (χ1) is 13.7. The van der Waals surface area contributed by atoms with E-state index in [1.54, 1.807) is 48.2 Å². The number of rotatable bonds is 4. The zero-order valence-electron chi connectivity index (χ0n) is 15.0. The summed E-state index contributed by atoms with van der Waals surface area (Å²) in [4.78, 5) is 35.1. The van der Waals surface area contributed by atoms with Crippen molar-refractivity contribution in [2.24, 2.45) is 0 Å². The predicted molar refractivity (Wildman–Crippen MR) is 101 cm³/mol. The number of carbonyl (C=O) groups excluding carboxylic acids is 2. The Labute approximate surface area is 159 Å². The lowest BCUT2D eigenvalue weighted by Crippen LogP contribution is -2.31. The number of amides is 1. The molecule has 0 spiro atoms. The van der Waals surface area contributed by atoms with E-state index in [1.165, 1.54) is 17.3 Å². The smallest absolute Gasteiger partial charge is 0.354 e. The van der Waals surface area contributed by atoms with Gasteiger partial charge in [0.05, 0.1) is 30.3 Å². The van der Waals surface area contributed by atoms with Crippen molar-refractivity contribution in [3.8, 4) is 0 Å². The molecular weight excluding hydrogens is 360 g/mol. The average Bonchev–Trinajstić information content (AvgIpc) is 3.38. The number of benzene rings is 1. The van der Waals surface area contributed by atoms with Crippen molar-refractivity contribution >= 4 is 29.2 Å². The van der Waals surface area contributed by atoms with Gasteiger partial charge in [0.1, 0.15) is 17.8 Å². The molecule has 9 heteroatoms. The fourth-order valence-corrected chi connectivity index (χ4v) is 2.70. The highest BCUT2D eigenvalue weighted by Gasteiger charge is 2.23. The van der Waals surface area contributed by atoms with Gasteiger partial charge in [0.2, 0.25) is 0 Å². The molecule has 0 bridgehead atoms. The molecule has 0 fully saturated rings. The van der Waals surface area contributed by atoms with Crippen molar-refractivity contribution in [2.45, 2.75) is 6.92 Å². The molecule has 4 rings (SSSR count). The van der Waals surface area contributed by atoms with Crippen molar-refractivity contribution in [1.82, 2.24) is 24.1 Å². The quantitative estimate of drug-likeness (QED) is 0.508. The van der Waals surface area contributed by atoms with E-state index in [9.17, 15) is 9.59 Å². The van der Waals surface area contributed by atoms with Gasteiger partial charge >= 0.3 is 12.0 Å². The maximum Gasteiger partial charge on any atom is 0.354 e. The number of ether oxygens (including phenoxy) is 1. The van der Waals surface area contributed by atoms with E-state index in [2.05, 4.69) is 15.1 Å². The molecule has 0 atom stereocenters. The summed E-state index contributed by atoms with van der Waals surface area (Å²) in [5, 5.41) is 4.02. The van der Waals surface area contributed by atoms with Crippen LogP contribution >= 0.6 is 0 Å². The van der Waals surface area contributed by atoms with Crippen LogP contribution in [0.5, 0.6) is 0 Å². The Morgan fingerprint density at radius 3 is 2.79 bits per heavy atom. The first-order valence-corrected chi connectivity index (χ1v) is 8.57. The maximum atomic E-state index is 13.2. The van der Waals surface area contributed by atoms with E-state index in [1.807, 2.05) is 18.2 Å². The highest BCUT2D eigenvalue weighted by Crippen LogP contribution is 2.25. The van der Waals surface area contributed by atoms with Crippen molar-refractivity contribution in [3.63, 3.8) is 0 Å². The minimum atomic E-state index is -0.537. The van der Waals surface area contributed by atoms with Crippen LogP contribution in [0.1, 0.15) is 17.3 Å². The molecule has 0 saturated carbocycles. The Bertz CT molecular complexity index is 1130. The molecule has 140 valence electrons. The van der Waals surface area contributed by atoms with Gasteiger partial charge in [-0.2, -0.15) is 9.78 Å². The van der Waals surface area contributed by atoms with Gasteiger partial charge in [-0.3, -0.25) is 4.40 Å². The van der Waals surface area contributed by atoms with Crippen LogP contribution in [0.2, 0.25) is 0 Å². The van der Waals surface area contributed by atoms with E-state index in [0.717, 1.165) is 4.68 Å². The van der Waals surface area contributed by atoms with Crippen molar-refractivity contribution in [1.29, 1.82) is 0 Å². The summed E-state index contributed by atoms with van der Waals surface area (Å²) in [6.45, 7) is 1.95. The molecule has 4 aromatic rings. The van der Waals surface area contributed by atoms with Crippen molar-refractivity contribution in [2.75, 3.05) is 11.5 Å². The summed E-state index contributed by atoms with van der Waals surface area (Å²) >= 11 is 0. The van der Waals surface area contributed by atoms with E-state index in [4.69, 9.17) is 4.74 Å². The number of imidazole rings is 1. The fourth-order valence-electron chi connectivity index (χ4n) is 2.70. The van der Waals surface area contributed by atoms with Crippen LogP contribution in [0.4, 0.5) is 16.3 Å². The lowest BCUT2D eigenvalue weighted by atomic mass is 10.3. The van der Waals surface area contributed by atoms with Gasteiger partial charge < -0.3 is 4.74 Å². The molecule has 0 aliphatic heterocycles. The van der Waals surface area contributed by atoms with Crippen LogP contribution in [0.15, 0.2) is 67.5 Å². The minimum absolute atomic E-state index is 0.194. The Morgan fingerprint density at radius 2 is 2.00 bits per heavy atom. The summed E-state index contributed by atoms with van der Waals surface area (Å²) in [7, 11) is 0. The zero-order chi connectivity index (χ0) is 19.5. The monoisotopic (exact) mass is 376 g/mol. The molecule has 0 radical (unpaired) electrons. The Morgan fingerprint density at radius 1 is 1.18 bits per heavy atom.